The van der Waals surface area contributed by atoms with Gasteiger partial charge in [0.2, 0.25) is 0 Å². The molecule has 0 N–H and O–H groups in total. The van der Waals surface area contributed by atoms with E-state index in [9.17, 15) is 4.79 Å². The minimum atomic E-state index is -0.541. The van der Waals surface area contributed by atoms with Crippen LogP contribution in [0.4, 0.5) is 4.79 Å². The van der Waals surface area contributed by atoms with Crippen LogP contribution in [0.3, 0.4) is 0 Å². The van der Waals surface area contributed by atoms with Gasteiger partial charge < -0.3 is 9.47 Å². The molecule has 1 aromatic rings. The van der Waals surface area contributed by atoms with Gasteiger partial charge >= 0.3 is 6.09 Å². The minimum absolute atomic E-state index is 0.186. The fourth-order valence-electron chi connectivity index (χ4n) is 2.86. The second-order valence-electron chi connectivity index (χ2n) is 7.81. The molecule has 0 saturated carbocycles. The average molecular weight is 317 g/mol. The monoisotopic (exact) mass is 317 g/mol. The fourth-order valence-corrected chi connectivity index (χ4v) is 2.86. The number of benzene rings is 1. The van der Waals surface area contributed by atoms with Gasteiger partial charge in [-0.05, 0) is 53.2 Å². The van der Waals surface area contributed by atoms with E-state index < -0.39 is 11.1 Å². The summed E-state index contributed by atoms with van der Waals surface area (Å²) in [4.78, 5) is 14.6. The van der Waals surface area contributed by atoms with Crippen LogP contribution in [0.5, 0.6) is 5.75 Å². The van der Waals surface area contributed by atoms with Crippen LogP contribution in [0, 0.1) is 0 Å². The van der Waals surface area contributed by atoms with Crippen molar-refractivity contribution in [2.75, 3.05) is 6.61 Å². The van der Waals surface area contributed by atoms with Crippen molar-refractivity contribution >= 4 is 12.2 Å². The van der Waals surface area contributed by atoms with Crippen LogP contribution in [-0.4, -0.2) is 28.7 Å². The molecule has 1 amide bonds. The number of hydrogen-bond donors (Lipinski definition) is 0. The molecule has 0 saturated heterocycles. The van der Waals surface area contributed by atoms with E-state index in [0.717, 1.165) is 16.9 Å². The number of carbonyl (C=O) groups excluding carboxylic acids is 1. The third kappa shape index (κ3) is 3.69. The average Bonchev–Trinajstić information content (AvgIpc) is 2.79. The van der Waals surface area contributed by atoms with Crippen molar-refractivity contribution in [1.29, 1.82) is 0 Å². The summed E-state index contributed by atoms with van der Waals surface area (Å²) < 4.78 is 11.4. The molecule has 1 aliphatic rings. The summed E-state index contributed by atoms with van der Waals surface area (Å²) in [5, 5.41) is 0. The normalized spacial score (nSPS) is 17.2. The molecule has 1 aliphatic heterocycles. The Hall–Kier alpha value is -1.97. The van der Waals surface area contributed by atoms with Crippen LogP contribution in [0.15, 0.2) is 24.8 Å². The standard InChI is InChI=1S/C19H27NO3/c1-8-13-10-9-11-15-16(13)14(12-22-15)20(18(2,3)4)17(21)23-19(5,6)7/h8-11,14H,1,12H2,2-7H3. The zero-order valence-electron chi connectivity index (χ0n) is 15.0. The third-order valence-corrected chi connectivity index (χ3v) is 3.67. The predicted molar refractivity (Wildman–Crippen MR) is 92.6 cm³/mol. The van der Waals surface area contributed by atoms with Gasteiger partial charge in [-0.2, -0.15) is 0 Å². The van der Waals surface area contributed by atoms with Crippen molar-refractivity contribution in [3.05, 3.63) is 35.9 Å². The van der Waals surface area contributed by atoms with Gasteiger partial charge in [-0.15, -0.1) is 0 Å². The minimum Gasteiger partial charge on any atom is -0.491 e. The maximum Gasteiger partial charge on any atom is 0.411 e. The highest BCUT2D eigenvalue weighted by Gasteiger charge is 2.41. The summed E-state index contributed by atoms with van der Waals surface area (Å²) in [6.07, 6.45) is 1.47. The van der Waals surface area contributed by atoms with Gasteiger partial charge in [0.05, 0.1) is 6.04 Å². The first-order valence-corrected chi connectivity index (χ1v) is 7.95. The zero-order chi connectivity index (χ0) is 17.4. The molecule has 126 valence electrons. The van der Waals surface area contributed by atoms with E-state index in [2.05, 4.69) is 6.58 Å². The van der Waals surface area contributed by atoms with Crippen molar-refractivity contribution < 1.29 is 14.3 Å². The summed E-state index contributed by atoms with van der Waals surface area (Å²) in [7, 11) is 0. The summed E-state index contributed by atoms with van der Waals surface area (Å²) >= 11 is 0. The van der Waals surface area contributed by atoms with Crippen LogP contribution in [0.25, 0.3) is 6.08 Å². The highest BCUT2D eigenvalue weighted by atomic mass is 16.6. The molecule has 4 nitrogen and oxygen atoms in total. The second kappa shape index (κ2) is 5.91. The van der Waals surface area contributed by atoms with Crippen LogP contribution >= 0.6 is 0 Å². The van der Waals surface area contributed by atoms with Crippen molar-refractivity contribution in [2.24, 2.45) is 0 Å². The molecule has 1 atom stereocenters. The summed E-state index contributed by atoms with van der Waals surface area (Å²) in [6.45, 7) is 15.9. The number of amides is 1. The van der Waals surface area contributed by atoms with E-state index in [1.54, 1.807) is 11.0 Å². The molecule has 1 heterocycles. The van der Waals surface area contributed by atoms with Gasteiger partial charge in [-0.3, -0.25) is 4.90 Å². The number of fused-ring (bicyclic) bond motifs is 1. The molecule has 0 fully saturated rings. The Balaban J connectivity index is 2.45. The summed E-state index contributed by atoms with van der Waals surface area (Å²) in [5.74, 6) is 0.810. The van der Waals surface area contributed by atoms with Gasteiger partial charge in [-0.1, -0.05) is 24.8 Å². The molecule has 1 unspecified atom stereocenters. The predicted octanol–water partition coefficient (Wildman–Crippen LogP) is 4.80. The topological polar surface area (TPSA) is 38.8 Å². The molecule has 0 spiro atoms. The molecular formula is C19H27NO3. The van der Waals surface area contributed by atoms with E-state index >= 15 is 0 Å². The van der Waals surface area contributed by atoms with Gasteiger partial charge in [0.1, 0.15) is 18.0 Å². The van der Waals surface area contributed by atoms with Crippen LogP contribution < -0.4 is 4.74 Å². The van der Waals surface area contributed by atoms with Crippen molar-refractivity contribution in [3.63, 3.8) is 0 Å². The molecule has 0 aromatic heterocycles. The van der Waals surface area contributed by atoms with Gasteiger partial charge in [0.25, 0.3) is 0 Å². The van der Waals surface area contributed by atoms with Gasteiger partial charge in [-0.25, -0.2) is 4.79 Å². The molecule has 0 aliphatic carbocycles. The Kier molecular flexibility index (Phi) is 4.47. The first-order chi connectivity index (χ1) is 10.5. The van der Waals surface area contributed by atoms with E-state index in [1.165, 1.54) is 0 Å². The summed E-state index contributed by atoms with van der Waals surface area (Å²) in [6, 6.07) is 5.67. The quantitative estimate of drug-likeness (QED) is 0.786. The molecule has 4 heteroatoms. The highest BCUT2D eigenvalue weighted by Crippen LogP contribution is 2.42. The number of rotatable bonds is 2. The first-order valence-electron chi connectivity index (χ1n) is 7.95. The molecule has 0 radical (unpaired) electrons. The maximum atomic E-state index is 12.8. The Bertz CT molecular complexity index is 608. The molecule has 2 rings (SSSR count). The van der Waals surface area contributed by atoms with Crippen molar-refractivity contribution in [2.45, 2.75) is 58.7 Å². The smallest absolute Gasteiger partial charge is 0.411 e. The maximum absolute atomic E-state index is 12.8. The lowest BCUT2D eigenvalue weighted by Gasteiger charge is -2.40. The first kappa shape index (κ1) is 17.4. The van der Waals surface area contributed by atoms with Gasteiger partial charge in [0, 0.05) is 11.1 Å². The largest absolute Gasteiger partial charge is 0.491 e. The summed E-state index contributed by atoms with van der Waals surface area (Å²) in [5.41, 5.74) is 1.05. The fraction of sp³-hybridized carbons (Fsp3) is 0.526. The Morgan fingerprint density at radius 1 is 1.30 bits per heavy atom. The van der Waals surface area contributed by atoms with Crippen LogP contribution in [0.2, 0.25) is 0 Å². The van der Waals surface area contributed by atoms with Crippen LogP contribution in [-0.2, 0) is 4.74 Å². The highest BCUT2D eigenvalue weighted by molar-refractivity contribution is 5.71. The number of hydrogen-bond acceptors (Lipinski definition) is 3. The lowest BCUT2D eigenvalue weighted by atomic mass is 9.96. The lowest BCUT2D eigenvalue weighted by Crippen LogP contribution is -2.50. The van der Waals surface area contributed by atoms with Crippen molar-refractivity contribution in [1.82, 2.24) is 4.90 Å². The van der Waals surface area contributed by atoms with E-state index in [-0.39, 0.29) is 12.1 Å². The van der Waals surface area contributed by atoms with E-state index in [4.69, 9.17) is 9.47 Å². The Labute approximate surface area is 139 Å². The van der Waals surface area contributed by atoms with Crippen molar-refractivity contribution in [3.8, 4) is 5.75 Å². The van der Waals surface area contributed by atoms with Gasteiger partial charge in [0.15, 0.2) is 0 Å². The Morgan fingerprint density at radius 2 is 1.96 bits per heavy atom. The zero-order valence-corrected chi connectivity index (χ0v) is 15.0. The Morgan fingerprint density at radius 3 is 2.48 bits per heavy atom. The van der Waals surface area contributed by atoms with E-state index in [1.807, 2.05) is 59.7 Å². The molecule has 23 heavy (non-hydrogen) atoms. The molecule has 1 aromatic carbocycles. The van der Waals surface area contributed by atoms with E-state index in [0.29, 0.717) is 6.61 Å². The molecular weight excluding hydrogens is 290 g/mol. The number of carbonyl (C=O) groups is 1. The number of ether oxygens (including phenoxy) is 2. The second-order valence-corrected chi connectivity index (χ2v) is 7.81. The number of nitrogens with zero attached hydrogens (tertiary/aromatic N) is 1. The third-order valence-electron chi connectivity index (χ3n) is 3.67. The lowest BCUT2D eigenvalue weighted by molar-refractivity contribution is -0.0106. The SMILES string of the molecule is C=Cc1cccc2c1C(N(C(=O)OC(C)(C)C)C(C)(C)C)CO2. The molecule has 0 bridgehead atoms. The van der Waals surface area contributed by atoms with Crippen LogP contribution in [0.1, 0.15) is 58.7 Å².